The van der Waals surface area contributed by atoms with E-state index in [0.29, 0.717) is 12.0 Å². The number of aliphatic imine (C=N–C) groups is 1. The SMILES string of the molecule is CC1=NC(O)C(CNC(=O)c2cc(Br)cc(N(C)C3CCN(C(=O)C(C)(C)C)CC3)c2C)=C(C)C1. The third-order valence-electron chi connectivity index (χ3n) is 7.07. The molecule has 7 nitrogen and oxygen atoms in total. The molecule has 0 aromatic heterocycles. The number of nitrogens with one attached hydrogen (secondary N) is 1. The molecule has 2 aliphatic rings. The fraction of sp³-hybridized carbons (Fsp3) is 0.593. The Balaban J connectivity index is 1.71. The zero-order valence-electron chi connectivity index (χ0n) is 22.0. The van der Waals surface area contributed by atoms with Gasteiger partial charge in [-0.05, 0) is 56.9 Å². The highest BCUT2D eigenvalue weighted by atomic mass is 79.9. The van der Waals surface area contributed by atoms with Crippen LogP contribution in [0.2, 0.25) is 0 Å². The van der Waals surface area contributed by atoms with Crippen molar-refractivity contribution < 1.29 is 14.7 Å². The first-order chi connectivity index (χ1) is 16.3. The molecule has 2 aliphatic heterocycles. The number of carbonyl (C=O) groups is 2. The number of hydrogen-bond acceptors (Lipinski definition) is 5. The van der Waals surface area contributed by atoms with Crippen molar-refractivity contribution in [2.75, 3.05) is 31.6 Å². The van der Waals surface area contributed by atoms with Crippen molar-refractivity contribution in [3.63, 3.8) is 0 Å². The van der Waals surface area contributed by atoms with Gasteiger partial charge in [0.05, 0.1) is 0 Å². The lowest BCUT2D eigenvalue weighted by molar-refractivity contribution is -0.140. The van der Waals surface area contributed by atoms with Crippen LogP contribution < -0.4 is 10.2 Å². The van der Waals surface area contributed by atoms with E-state index in [-0.39, 0.29) is 29.8 Å². The summed E-state index contributed by atoms with van der Waals surface area (Å²) in [5.41, 5.74) is 4.84. The number of dihydropyridines is 1. The fourth-order valence-electron chi connectivity index (χ4n) is 4.96. The number of aliphatic hydroxyl groups is 1. The number of hydrogen-bond donors (Lipinski definition) is 2. The molecule has 0 saturated carbocycles. The summed E-state index contributed by atoms with van der Waals surface area (Å²) in [5, 5.41) is 13.3. The van der Waals surface area contributed by atoms with Crippen molar-refractivity contribution >= 4 is 39.1 Å². The maximum absolute atomic E-state index is 13.2. The van der Waals surface area contributed by atoms with E-state index >= 15 is 0 Å². The Morgan fingerprint density at radius 2 is 1.83 bits per heavy atom. The Kier molecular flexibility index (Phi) is 8.48. The quantitative estimate of drug-likeness (QED) is 0.534. The average molecular weight is 548 g/mol. The molecule has 1 fully saturated rings. The first-order valence-electron chi connectivity index (χ1n) is 12.3. The molecule has 8 heteroatoms. The highest BCUT2D eigenvalue weighted by molar-refractivity contribution is 9.10. The van der Waals surface area contributed by atoms with E-state index in [9.17, 15) is 14.7 Å². The summed E-state index contributed by atoms with van der Waals surface area (Å²) in [6.45, 7) is 13.5. The average Bonchev–Trinajstić information content (AvgIpc) is 2.78. The van der Waals surface area contributed by atoms with E-state index in [4.69, 9.17) is 0 Å². The Morgan fingerprint density at radius 3 is 2.40 bits per heavy atom. The Hall–Kier alpha value is -2.19. The minimum Gasteiger partial charge on any atom is -0.371 e. The third-order valence-corrected chi connectivity index (χ3v) is 7.53. The van der Waals surface area contributed by atoms with Crippen molar-refractivity contribution in [3.05, 3.63) is 38.9 Å². The lowest BCUT2D eigenvalue weighted by Gasteiger charge is -2.40. The molecule has 0 spiro atoms. The lowest BCUT2D eigenvalue weighted by Crippen LogP contribution is -2.48. The van der Waals surface area contributed by atoms with Crippen LogP contribution in [0.5, 0.6) is 0 Å². The van der Waals surface area contributed by atoms with Gasteiger partial charge in [0, 0.05) is 66.0 Å². The van der Waals surface area contributed by atoms with E-state index in [1.807, 2.05) is 58.6 Å². The minimum absolute atomic E-state index is 0.178. The van der Waals surface area contributed by atoms with E-state index in [1.54, 1.807) is 0 Å². The van der Waals surface area contributed by atoms with Crippen molar-refractivity contribution in [2.24, 2.45) is 10.4 Å². The van der Waals surface area contributed by atoms with Crippen LogP contribution in [0.25, 0.3) is 0 Å². The minimum atomic E-state index is -0.898. The summed E-state index contributed by atoms with van der Waals surface area (Å²) < 4.78 is 0.837. The summed E-state index contributed by atoms with van der Waals surface area (Å²) in [6, 6.07) is 4.18. The van der Waals surface area contributed by atoms with Crippen molar-refractivity contribution in [1.82, 2.24) is 10.2 Å². The monoisotopic (exact) mass is 546 g/mol. The summed E-state index contributed by atoms with van der Waals surface area (Å²) in [7, 11) is 2.06. The molecule has 3 rings (SSSR count). The molecular weight excluding hydrogens is 508 g/mol. The Bertz CT molecular complexity index is 1050. The van der Waals surface area contributed by atoms with E-state index in [1.165, 1.54) is 0 Å². The molecule has 0 aliphatic carbocycles. The van der Waals surface area contributed by atoms with Gasteiger partial charge in [0.1, 0.15) is 0 Å². The molecule has 0 bridgehead atoms. The van der Waals surface area contributed by atoms with Crippen LogP contribution in [-0.2, 0) is 4.79 Å². The second-order valence-electron chi connectivity index (χ2n) is 10.9. The number of piperidine rings is 1. The van der Waals surface area contributed by atoms with Gasteiger partial charge in [0.2, 0.25) is 5.91 Å². The molecule has 2 amide bonds. The van der Waals surface area contributed by atoms with Gasteiger partial charge in [0.25, 0.3) is 5.91 Å². The van der Waals surface area contributed by atoms with Gasteiger partial charge in [-0.2, -0.15) is 0 Å². The number of carbonyl (C=O) groups excluding carboxylic acids is 2. The molecule has 1 unspecified atom stereocenters. The number of likely N-dealkylation sites (tertiary alicyclic amines) is 1. The van der Waals surface area contributed by atoms with E-state index < -0.39 is 6.23 Å². The molecule has 2 N–H and O–H groups in total. The summed E-state index contributed by atoms with van der Waals surface area (Å²) in [5.74, 6) is 0.0216. The molecule has 35 heavy (non-hydrogen) atoms. The van der Waals surface area contributed by atoms with E-state index in [0.717, 1.165) is 58.5 Å². The maximum atomic E-state index is 13.2. The van der Waals surface area contributed by atoms with Crippen LogP contribution in [0.3, 0.4) is 0 Å². The highest BCUT2D eigenvalue weighted by Crippen LogP contribution is 2.32. The van der Waals surface area contributed by atoms with Crippen molar-refractivity contribution in [2.45, 2.75) is 73.1 Å². The van der Waals surface area contributed by atoms with Gasteiger partial charge in [-0.1, -0.05) is 42.3 Å². The number of rotatable bonds is 5. The predicted molar refractivity (Wildman–Crippen MR) is 145 cm³/mol. The molecule has 0 radical (unpaired) electrons. The normalized spacial score (nSPS) is 19.5. The number of allylic oxidation sites excluding steroid dienone is 1. The first-order valence-corrected chi connectivity index (χ1v) is 13.1. The molecule has 192 valence electrons. The molecule has 1 aromatic rings. The Morgan fingerprint density at radius 1 is 1.20 bits per heavy atom. The summed E-state index contributed by atoms with van der Waals surface area (Å²) in [6.07, 6.45) is 1.59. The molecule has 2 heterocycles. The number of halogens is 1. The van der Waals surface area contributed by atoms with Crippen LogP contribution in [-0.4, -0.2) is 66.5 Å². The first kappa shape index (κ1) is 27.4. The number of nitrogens with zero attached hydrogens (tertiary/aromatic N) is 3. The van der Waals surface area contributed by atoms with Gasteiger partial charge in [-0.3, -0.25) is 14.6 Å². The molecule has 1 aromatic carbocycles. The largest absolute Gasteiger partial charge is 0.371 e. The van der Waals surface area contributed by atoms with Crippen LogP contribution in [0.1, 0.15) is 69.8 Å². The zero-order valence-corrected chi connectivity index (χ0v) is 23.6. The van der Waals surface area contributed by atoms with Gasteiger partial charge < -0.3 is 20.2 Å². The fourth-order valence-corrected chi connectivity index (χ4v) is 5.40. The maximum Gasteiger partial charge on any atom is 0.251 e. The number of anilines is 1. The van der Waals surface area contributed by atoms with Crippen LogP contribution in [0.4, 0.5) is 5.69 Å². The zero-order chi connectivity index (χ0) is 26.1. The molecule has 1 saturated heterocycles. The summed E-state index contributed by atoms with van der Waals surface area (Å²) in [4.78, 5) is 34.3. The number of amides is 2. The van der Waals surface area contributed by atoms with Crippen LogP contribution in [0, 0.1) is 12.3 Å². The second kappa shape index (κ2) is 10.8. The highest BCUT2D eigenvalue weighted by Gasteiger charge is 2.32. The molecular formula is C27H39BrN4O3. The lowest BCUT2D eigenvalue weighted by atomic mass is 9.92. The van der Waals surface area contributed by atoms with Crippen molar-refractivity contribution in [1.29, 1.82) is 0 Å². The topological polar surface area (TPSA) is 85.2 Å². The van der Waals surface area contributed by atoms with Gasteiger partial charge in [-0.25, -0.2) is 0 Å². The predicted octanol–water partition coefficient (Wildman–Crippen LogP) is 4.46. The van der Waals surface area contributed by atoms with Crippen LogP contribution >= 0.6 is 15.9 Å². The van der Waals surface area contributed by atoms with Gasteiger partial charge in [0.15, 0.2) is 6.23 Å². The Labute approximate surface area is 217 Å². The number of aliphatic hydroxyl groups excluding tert-OH is 1. The third kappa shape index (κ3) is 6.33. The van der Waals surface area contributed by atoms with Crippen LogP contribution in [0.15, 0.2) is 32.7 Å². The van der Waals surface area contributed by atoms with Gasteiger partial charge >= 0.3 is 0 Å². The van der Waals surface area contributed by atoms with Crippen molar-refractivity contribution in [3.8, 4) is 0 Å². The van der Waals surface area contributed by atoms with Gasteiger partial charge in [-0.15, -0.1) is 0 Å². The smallest absolute Gasteiger partial charge is 0.251 e. The summed E-state index contributed by atoms with van der Waals surface area (Å²) >= 11 is 3.59. The standard InChI is InChI=1S/C27H39BrN4O3/c1-16-12-17(2)30-25(34)22(16)15-29-24(33)21-13-19(28)14-23(18(21)3)31(7)20-8-10-32(11-9-20)26(35)27(4,5)6/h13-14,20,25,34H,8-12,15H2,1-7H3,(H,29,33). The van der Waals surface area contributed by atoms with E-state index in [2.05, 4.69) is 38.2 Å². The second-order valence-corrected chi connectivity index (χ2v) is 11.8. The number of benzene rings is 1. The molecule has 1 atom stereocenters.